The van der Waals surface area contributed by atoms with E-state index in [2.05, 4.69) is 71.1 Å². The zero-order valence-corrected chi connectivity index (χ0v) is 15.5. The smallest absolute Gasteiger partial charge is 0.0669 e. The molecule has 1 atom stereocenters. The molecule has 0 bridgehead atoms. The summed E-state index contributed by atoms with van der Waals surface area (Å²) in [5.41, 5.74) is 6.35. The van der Waals surface area contributed by atoms with Gasteiger partial charge in [0.1, 0.15) is 0 Å². The lowest BCUT2D eigenvalue weighted by molar-refractivity contribution is 0.482. The summed E-state index contributed by atoms with van der Waals surface area (Å²) < 4.78 is 0. The van der Waals surface area contributed by atoms with Crippen molar-refractivity contribution < 1.29 is 0 Å². The van der Waals surface area contributed by atoms with Gasteiger partial charge in [0.15, 0.2) is 0 Å². The van der Waals surface area contributed by atoms with Crippen molar-refractivity contribution in [3.05, 3.63) is 77.5 Å². The molecular weight excluding hydrogens is 330 g/mol. The minimum absolute atomic E-state index is 0.465. The Balaban J connectivity index is 1.39. The molecule has 0 amide bonds. The van der Waals surface area contributed by atoms with Crippen LogP contribution in [0.25, 0.3) is 16.5 Å². The Morgan fingerprint density at radius 1 is 1.11 bits per heavy atom. The van der Waals surface area contributed by atoms with Crippen LogP contribution in [0.15, 0.2) is 60.8 Å². The largest absolute Gasteiger partial charge is 0.361 e. The summed E-state index contributed by atoms with van der Waals surface area (Å²) in [6.45, 7) is 1.03. The van der Waals surface area contributed by atoms with Crippen molar-refractivity contribution in [3.63, 3.8) is 0 Å². The average molecular weight is 355 g/mol. The molecule has 2 N–H and O–H groups in total. The van der Waals surface area contributed by atoms with Crippen LogP contribution in [-0.2, 0) is 12.8 Å². The van der Waals surface area contributed by atoms with E-state index in [1.165, 1.54) is 28.5 Å². The Morgan fingerprint density at radius 3 is 2.78 bits per heavy atom. The number of allylic oxidation sites excluding steroid dienone is 1. The Hall–Kier alpha value is -2.83. The van der Waals surface area contributed by atoms with Gasteiger partial charge in [0.05, 0.1) is 12.5 Å². The lowest BCUT2D eigenvalue weighted by Gasteiger charge is -2.23. The monoisotopic (exact) mass is 355 g/mol. The van der Waals surface area contributed by atoms with E-state index in [1.54, 1.807) is 0 Å². The molecule has 4 rings (SSSR count). The van der Waals surface area contributed by atoms with E-state index in [1.807, 2.05) is 6.07 Å². The Bertz CT molecular complexity index is 976. The first-order valence-electron chi connectivity index (χ1n) is 9.77. The van der Waals surface area contributed by atoms with Crippen molar-refractivity contribution in [2.45, 2.75) is 38.1 Å². The lowest BCUT2D eigenvalue weighted by atomic mass is 9.90. The highest BCUT2D eigenvalue weighted by molar-refractivity contribution is 5.93. The molecule has 0 saturated heterocycles. The van der Waals surface area contributed by atoms with Crippen LogP contribution in [0.3, 0.4) is 0 Å². The fraction of sp³-hybridized carbons (Fsp3) is 0.292. The van der Waals surface area contributed by atoms with Gasteiger partial charge >= 0.3 is 0 Å². The number of hydrogen-bond donors (Lipinski definition) is 2. The predicted octanol–water partition coefficient (Wildman–Crippen LogP) is 5.00. The Morgan fingerprint density at radius 2 is 2.00 bits per heavy atom. The van der Waals surface area contributed by atoms with Gasteiger partial charge in [-0.2, -0.15) is 5.26 Å². The van der Waals surface area contributed by atoms with Crippen LogP contribution in [0.2, 0.25) is 0 Å². The van der Waals surface area contributed by atoms with Gasteiger partial charge in [0.25, 0.3) is 0 Å². The number of rotatable bonds is 6. The Labute approximate surface area is 160 Å². The van der Waals surface area contributed by atoms with Crippen LogP contribution in [0, 0.1) is 11.3 Å². The van der Waals surface area contributed by atoms with E-state index in [-0.39, 0.29) is 0 Å². The zero-order valence-electron chi connectivity index (χ0n) is 15.5. The van der Waals surface area contributed by atoms with E-state index in [0.717, 1.165) is 36.9 Å². The molecule has 27 heavy (non-hydrogen) atoms. The molecule has 1 heterocycles. The third-order valence-electron chi connectivity index (χ3n) is 5.48. The van der Waals surface area contributed by atoms with Crippen LogP contribution in [0.5, 0.6) is 0 Å². The summed E-state index contributed by atoms with van der Waals surface area (Å²) in [5, 5.41) is 13.9. The minimum atomic E-state index is 0.465. The van der Waals surface area contributed by atoms with Gasteiger partial charge in [0.2, 0.25) is 0 Å². The number of nitrogens with zero attached hydrogens (tertiary/aromatic N) is 1. The molecule has 3 heteroatoms. The molecule has 0 fully saturated rings. The lowest BCUT2D eigenvalue weighted by Crippen LogP contribution is -2.31. The zero-order chi connectivity index (χ0) is 18.5. The number of benzene rings is 2. The van der Waals surface area contributed by atoms with Gasteiger partial charge in [-0.1, -0.05) is 42.5 Å². The fourth-order valence-corrected chi connectivity index (χ4v) is 3.96. The first-order chi connectivity index (χ1) is 13.3. The molecule has 0 radical (unpaired) electrons. The predicted molar refractivity (Wildman–Crippen MR) is 111 cm³/mol. The van der Waals surface area contributed by atoms with E-state index in [9.17, 15) is 0 Å². The van der Waals surface area contributed by atoms with E-state index in [4.69, 9.17) is 5.26 Å². The van der Waals surface area contributed by atoms with Crippen molar-refractivity contribution in [1.82, 2.24) is 10.3 Å². The molecule has 2 aromatic carbocycles. The van der Waals surface area contributed by atoms with Crippen molar-refractivity contribution in [3.8, 4) is 6.07 Å². The topological polar surface area (TPSA) is 51.6 Å². The molecule has 0 saturated carbocycles. The molecule has 1 aliphatic rings. The van der Waals surface area contributed by atoms with Crippen molar-refractivity contribution in [2.75, 3.05) is 6.54 Å². The van der Waals surface area contributed by atoms with Gasteiger partial charge in [-0.15, -0.1) is 0 Å². The number of aromatic nitrogens is 1. The third kappa shape index (κ3) is 4.13. The third-order valence-corrected chi connectivity index (χ3v) is 5.48. The number of aromatic amines is 1. The normalized spacial score (nSPS) is 16.9. The molecule has 0 spiro atoms. The number of hydrogen-bond acceptors (Lipinski definition) is 2. The quantitative estimate of drug-likeness (QED) is 0.653. The second-order valence-corrected chi connectivity index (χ2v) is 7.31. The second kappa shape index (κ2) is 8.24. The summed E-state index contributed by atoms with van der Waals surface area (Å²) in [4.78, 5) is 3.38. The van der Waals surface area contributed by atoms with E-state index in [0.29, 0.717) is 12.5 Å². The van der Waals surface area contributed by atoms with E-state index >= 15 is 0 Å². The maximum Gasteiger partial charge on any atom is 0.0669 e. The fourth-order valence-electron chi connectivity index (χ4n) is 3.96. The number of fused-ring (bicyclic) bond motifs is 1. The van der Waals surface area contributed by atoms with Gasteiger partial charge in [-0.25, -0.2) is 0 Å². The molecule has 3 nitrogen and oxygen atoms in total. The van der Waals surface area contributed by atoms with Gasteiger partial charge < -0.3 is 10.3 Å². The number of H-pyrrole nitrogens is 1. The molecule has 1 aliphatic carbocycles. The standard InChI is InChI=1S/C24H25N3/c25-14-12-19-6-11-24-22(16-19)23(17-27-24)20-7-9-21(10-8-20)26-15-13-18-4-2-1-3-5-18/h1-7,11,16-17,21,26-27H,8-10,12-13,15H2. The van der Waals surface area contributed by atoms with Crippen molar-refractivity contribution >= 4 is 16.5 Å². The van der Waals surface area contributed by atoms with Crippen LogP contribution < -0.4 is 5.32 Å². The van der Waals surface area contributed by atoms with E-state index < -0.39 is 0 Å². The summed E-state index contributed by atoms with van der Waals surface area (Å²) in [6.07, 6.45) is 9.41. The maximum absolute atomic E-state index is 8.96. The second-order valence-electron chi connectivity index (χ2n) is 7.31. The summed E-state index contributed by atoms with van der Waals surface area (Å²) in [5.74, 6) is 0. The molecule has 0 aliphatic heterocycles. The molecular formula is C24H25N3. The highest BCUT2D eigenvalue weighted by Gasteiger charge is 2.17. The summed E-state index contributed by atoms with van der Waals surface area (Å²) >= 11 is 0. The molecule has 3 aromatic rings. The number of nitrogens with one attached hydrogen (secondary N) is 2. The van der Waals surface area contributed by atoms with Crippen LogP contribution in [0.1, 0.15) is 36.0 Å². The summed E-state index contributed by atoms with van der Waals surface area (Å²) in [6, 6.07) is 19.8. The molecule has 1 unspecified atom stereocenters. The minimum Gasteiger partial charge on any atom is -0.361 e. The maximum atomic E-state index is 8.96. The Kier molecular flexibility index (Phi) is 5.37. The SMILES string of the molecule is N#CCc1ccc2[nH]cc(C3=CCC(NCCc4ccccc4)CC3)c2c1. The molecule has 136 valence electrons. The van der Waals surface area contributed by atoms with Crippen LogP contribution in [0.4, 0.5) is 0 Å². The van der Waals surface area contributed by atoms with Crippen LogP contribution in [-0.4, -0.2) is 17.6 Å². The highest BCUT2D eigenvalue weighted by Crippen LogP contribution is 2.32. The number of nitriles is 1. The van der Waals surface area contributed by atoms with Gasteiger partial charge in [-0.05, 0) is 61.1 Å². The van der Waals surface area contributed by atoms with Crippen molar-refractivity contribution in [1.29, 1.82) is 5.26 Å². The first kappa shape index (κ1) is 17.6. The first-order valence-corrected chi connectivity index (χ1v) is 9.77. The van der Waals surface area contributed by atoms with Crippen molar-refractivity contribution in [2.24, 2.45) is 0 Å². The van der Waals surface area contributed by atoms with Crippen LogP contribution >= 0.6 is 0 Å². The van der Waals surface area contributed by atoms with Gasteiger partial charge in [-0.3, -0.25) is 0 Å². The van der Waals surface area contributed by atoms with Gasteiger partial charge in [0, 0.05) is 28.7 Å². The summed E-state index contributed by atoms with van der Waals surface area (Å²) in [7, 11) is 0. The average Bonchev–Trinajstić information content (AvgIpc) is 3.13. The molecule has 1 aromatic heterocycles. The highest BCUT2D eigenvalue weighted by atomic mass is 14.9.